The maximum absolute atomic E-state index is 6.67. The Bertz CT molecular complexity index is 3570. The number of fused-ring (bicyclic) bond motifs is 9. The highest BCUT2D eigenvalue weighted by atomic mass is 16.3. The molecule has 0 fully saturated rings. The lowest BCUT2D eigenvalue weighted by molar-refractivity contribution is 0.669. The molecule has 3 heteroatoms. The zero-order valence-electron chi connectivity index (χ0n) is 32.0. The molecule has 0 radical (unpaired) electrons. The number of para-hydroxylation sites is 2. The highest BCUT2D eigenvalue weighted by Crippen LogP contribution is 2.46. The van der Waals surface area contributed by atoms with Crippen molar-refractivity contribution < 1.29 is 8.83 Å². The number of benzene rings is 10. The van der Waals surface area contributed by atoms with E-state index in [1.807, 2.05) is 12.1 Å². The van der Waals surface area contributed by atoms with Gasteiger partial charge in [-0.3, -0.25) is 0 Å². The summed E-state index contributed by atoms with van der Waals surface area (Å²) in [5, 5.41) is 9.23. The molecule has 0 N–H and O–H groups in total. The number of rotatable bonds is 6. The van der Waals surface area contributed by atoms with E-state index in [-0.39, 0.29) is 0 Å². The minimum atomic E-state index is 0.874. The second-order valence-electron chi connectivity index (χ2n) is 15.3. The lowest BCUT2D eigenvalue weighted by Gasteiger charge is -2.28. The second-order valence-corrected chi connectivity index (χ2v) is 15.3. The molecule has 2 aromatic heterocycles. The molecule has 0 bridgehead atoms. The molecule has 12 aromatic rings. The summed E-state index contributed by atoms with van der Waals surface area (Å²) in [4.78, 5) is 2.39. The van der Waals surface area contributed by atoms with Crippen molar-refractivity contribution in [3.8, 4) is 33.4 Å². The van der Waals surface area contributed by atoms with Crippen molar-refractivity contribution in [3.63, 3.8) is 0 Å². The third-order valence-corrected chi connectivity index (χ3v) is 11.8. The predicted octanol–water partition coefficient (Wildman–Crippen LogP) is 16.3. The number of furan rings is 2. The Morgan fingerprint density at radius 1 is 0.305 bits per heavy atom. The lowest BCUT2D eigenvalue weighted by Crippen LogP contribution is -2.11. The Hall–Kier alpha value is -7.88. The Morgan fingerprint density at radius 3 is 1.85 bits per heavy atom. The minimum Gasteiger partial charge on any atom is -0.456 e. The third-order valence-electron chi connectivity index (χ3n) is 11.8. The number of anilines is 3. The van der Waals surface area contributed by atoms with E-state index in [4.69, 9.17) is 8.83 Å². The molecule has 0 amide bonds. The van der Waals surface area contributed by atoms with Crippen LogP contribution in [0.5, 0.6) is 0 Å². The lowest BCUT2D eigenvalue weighted by atomic mass is 9.95. The summed E-state index contributed by atoms with van der Waals surface area (Å²) >= 11 is 0. The molecule has 12 rings (SSSR count). The van der Waals surface area contributed by atoms with Gasteiger partial charge in [0.1, 0.15) is 22.3 Å². The van der Waals surface area contributed by atoms with E-state index < -0.39 is 0 Å². The van der Waals surface area contributed by atoms with Gasteiger partial charge in [0.05, 0.1) is 5.69 Å². The molecule has 0 aliphatic carbocycles. The fraction of sp³-hybridized carbons (Fsp3) is 0. The molecule has 2 heterocycles. The molecule has 0 saturated heterocycles. The van der Waals surface area contributed by atoms with Crippen LogP contribution in [0.15, 0.2) is 221 Å². The fourth-order valence-corrected chi connectivity index (χ4v) is 9.00. The van der Waals surface area contributed by atoms with Gasteiger partial charge in [-0.1, -0.05) is 146 Å². The Morgan fingerprint density at radius 2 is 0.932 bits per heavy atom. The summed E-state index contributed by atoms with van der Waals surface area (Å²) in [5.41, 5.74) is 13.6. The molecule has 0 spiro atoms. The molecule has 0 saturated carbocycles. The molecular weight excluding hydrogens is 719 g/mol. The molecular formula is C56H35NO2. The van der Waals surface area contributed by atoms with Gasteiger partial charge in [-0.05, 0) is 111 Å². The predicted molar refractivity (Wildman–Crippen MR) is 247 cm³/mol. The SMILES string of the molecule is c1cc(-c2ccc3ccccc3c2)cc(N(c2ccc(-c3ccc4c(c3)oc3ccccc34)cc2)c2ccccc2-c2cccc3oc4c5ccccc5ccc4c23)c1. The molecule has 0 aliphatic rings. The van der Waals surface area contributed by atoms with Crippen LogP contribution < -0.4 is 4.90 Å². The van der Waals surface area contributed by atoms with Crippen molar-refractivity contribution in [1.82, 2.24) is 0 Å². The van der Waals surface area contributed by atoms with Crippen molar-refractivity contribution in [2.75, 3.05) is 4.90 Å². The minimum absolute atomic E-state index is 0.874. The van der Waals surface area contributed by atoms with E-state index in [1.54, 1.807) is 0 Å². The maximum atomic E-state index is 6.67. The molecule has 59 heavy (non-hydrogen) atoms. The van der Waals surface area contributed by atoms with Crippen LogP contribution in [0.2, 0.25) is 0 Å². The first-order valence-electron chi connectivity index (χ1n) is 20.1. The van der Waals surface area contributed by atoms with Gasteiger partial charge in [-0.2, -0.15) is 0 Å². The van der Waals surface area contributed by atoms with Crippen molar-refractivity contribution in [1.29, 1.82) is 0 Å². The molecule has 0 unspecified atom stereocenters. The van der Waals surface area contributed by atoms with Gasteiger partial charge in [0, 0.05) is 43.9 Å². The van der Waals surface area contributed by atoms with Gasteiger partial charge in [-0.25, -0.2) is 0 Å². The first-order chi connectivity index (χ1) is 29.2. The summed E-state index contributed by atoms with van der Waals surface area (Å²) in [5.74, 6) is 0. The molecule has 276 valence electrons. The summed E-state index contributed by atoms with van der Waals surface area (Å²) in [6.45, 7) is 0. The van der Waals surface area contributed by atoms with E-state index in [2.05, 4.69) is 205 Å². The van der Waals surface area contributed by atoms with E-state index in [0.29, 0.717) is 0 Å². The van der Waals surface area contributed by atoms with Crippen LogP contribution in [0.3, 0.4) is 0 Å². The van der Waals surface area contributed by atoms with Gasteiger partial charge in [0.2, 0.25) is 0 Å². The van der Waals surface area contributed by atoms with E-state index >= 15 is 0 Å². The summed E-state index contributed by atoms with van der Waals surface area (Å²) in [7, 11) is 0. The van der Waals surface area contributed by atoms with E-state index in [0.717, 1.165) is 94.1 Å². The zero-order chi connectivity index (χ0) is 38.9. The normalized spacial score (nSPS) is 11.7. The van der Waals surface area contributed by atoms with Crippen LogP contribution in [0.4, 0.5) is 17.1 Å². The van der Waals surface area contributed by atoms with Crippen molar-refractivity contribution in [3.05, 3.63) is 212 Å². The van der Waals surface area contributed by atoms with Crippen LogP contribution in [0.1, 0.15) is 0 Å². The maximum Gasteiger partial charge on any atom is 0.143 e. The monoisotopic (exact) mass is 753 g/mol. The van der Waals surface area contributed by atoms with Crippen LogP contribution >= 0.6 is 0 Å². The molecule has 10 aromatic carbocycles. The molecule has 0 atom stereocenters. The Balaban J connectivity index is 1.03. The Labute approximate surface area is 340 Å². The van der Waals surface area contributed by atoms with Gasteiger partial charge < -0.3 is 13.7 Å². The summed E-state index contributed by atoms with van der Waals surface area (Å²) < 4.78 is 12.9. The topological polar surface area (TPSA) is 29.5 Å². The average Bonchev–Trinajstić information content (AvgIpc) is 3.88. The van der Waals surface area contributed by atoms with Gasteiger partial charge in [0.25, 0.3) is 0 Å². The van der Waals surface area contributed by atoms with Crippen molar-refractivity contribution in [2.24, 2.45) is 0 Å². The largest absolute Gasteiger partial charge is 0.456 e. The summed E-state index contributed by atoms with van der Waals surface area (Å²) in [6, 6.07) is 75.9. The first kappa shape index (κ1) is 33.3. The number of hydrogen-bond acceptors (Lipinski definition) is 3. The third kappa shape index (κ3) is 5.51. The van der Waals surface area contributed by atoms with Crippen LogP contribution in [0, 0.1) is 0 Å². The van der Waals surface area contributed by atoms with Gasteiger partial charge in [-0.15, -0.1) is 0 Å². The van der Waals surface area contributed by atoms with Crippen molar-refractivity contribution >= 4 is 82.5 Å². The smallest absolute Gasteiger partial charge is 0.143 e. The van der Waals surface area contributed by atoms with Crippen LogP contribution in [-0.4, -0.2) is 0 Å². The standard InChI is InChI=1S/C56H35NO2/c1-2-13-39-33-41(24-23-36(39)11-1)40-14-9-15-44(34-40)57(43-29-25-37(26-30-43)42-28-31-48-47-18-6-8-21-52(47)58-54(48)35-42)51-20-7-5-17-46(51)49-19-10-22-53-55(49)50-32-27-38-12-3-4-16-45(38)56(50)59-53/h1-35H. The zero-order valence-corrected chi connectivity index (χ0v) is 32.0. The van der Waals surface area contributed by atoms with Crippen molar-refractivity contribution in [2.45, 2.75) is 0 Å². The van der Waals surface area contributed by atoms with Crippen LogP contribution in [-0.2, 0) is 0 Å². The Kier molecular flexibility index (Phi) is 7.54. The fourth-order valence-electron chi connectivity index (χ4n) is 9.00. The molecule has 3 nitrogen and oxygen atoms in total. The summed E-state index contributed by atoms with van der Waals surface area (Å²) in [6.07, 6.45) is 0. The first-order valence-corrected chi connectivity index (χ1v) is 20.1. The highest BCUT2D eigenvalue weighted by Gasteiger charge is 2.21. The number of hydrogen-bond donors (Lipinski definition) is 0. The van der Waals surface area contributed by atoms with Crippen LogP contribution in [0.25, 0.3) is 98.8 Å². The van der Waals surface area contributed by atoms with Gasteiger partial charge >= 0.3 is 0 Å². The van der Waals surface area contributed by atoms with Gasteiger partial charge in [0.15, 0.2) is 0 Å². The average molecular weight is 754 g/mol. The number of nitrogens with zero attached hydrogens (tertiary/aromatic N) is 1. The van der Waals surface area contributed by atoms with E-state index in [9.17, 15) is 0 Å². The van der Waals surface area contributed by atoms with E-state index in [1.165, 1.54) is 21.7 Å². The second kappa shape index (κ2) is 13.4. The molecule has 0 aliphatic heterocycles. The quantitative estimate of drug-likeness (QED) is 0.169. The highest BCUT2D eigenvalue weighted by molar-refractivity contribution is 6.20.